The number of amides is 2. The number of nitrogens with two attached hydrogens (primary N) is 1. The minimum absolute atomic E-state index is 0.269. The van der Waals surface area contributed by atoms with Gasteiger partial charge in [-0.25, -0.2) is 0 Å². The Labute approximate surface area is 168 Å². The van der Waals surface area contributed by atoms with Gasteiger partial charge in [0.05, 0.1) is 25.3 Å². The number of rotatable bonds is 7. The van der Waals surface area contributed by atoms with Gasteiger partial charge in [0.2, 0.25) is 11.8 Å². The summed E-state index contributed by atoms with van der Waals surface area (Å²) in [6, 6.07) is 14.5. The van der Waals surface area contributed by atoms with Crippen LogP contribution in [0.2, 0.25) is 0 Å². The van der Waals surface area contributed by atoms with Crippen LogP contribution in [0.3, 0.4) is 0 Å². The Kier molecular flexibility index (Phi) is 5.95. The van der Waals surface area contributed by atoms with Crippen LogP contribution in [0.1, 0.15) is 22.3 Å². The molecule has 29 heavy (non-hydrogen) atoms. The molecule has 0 aliphatic carbocycles. The van der Waals surface area contributed by atoms with Crippen molar-refractivity contribution in [1.29, 1.82) is 5.26 Å². The normalized spacial score (nSPS) is 10.8. The SMILES string of the molecule is COc1ccc(C(N)=O)cc1NC(=O)C=Cc1cn(CCC#N)c2ccccc12. The number of nitrogens with one attached hydrogen (secondary N) is 1. The second kappa shape index (κ2) is 8.76. The lowest BCUT2D eigenvalue weighted by Gasteiger charge is -2.09. The summed E-state index contributed by atoms with van der Waals surface area (Å²) >= 11 is 0. The van der Waals surface area contributed by atoms with E-state index in [1.807, 2.05) is 35.0 Å². The van der Waals surface area contributed by atoms with E-state index in [4.69, 9.17) is 15.7 Å². The highest BCUT2D eigenvalue weighted by molar-refractivity contribution is 6.05. The van der Waals surface area contributed by atoms with Gasteiger partial charge in [0.15, 0.2) is 0 Å². The van der Waals surface area contributed by atoms with Gasteiger partial charge in [0.1, 0.15) is 5.75 Å². The van der Waals surface area contributed by atoms with Gasteiger partial charge < -0.3 is 20.4 Å². The largest absolute Gasteiger partial charge is 0.495 e. The maximum Gasteiger partial charge on any atom is 0.248 e. The Balaban J connectivity index is 1.84. The lowest BCUT2D eigenvalue weighted by molar-refractivity contribution is -0.111. The van der Waals surface area contributed by atoms with Crippen LogP contribution in [0.4, 0.5) is 5.69 Å². The third-order valence-corrected chi connectivity index (χ3v) is 4.44. The van der Waals surface area contributed by atoms with Crippen LogP contribution in [0.5, 0.6) is 5.75 Å². The van der Waals surface area contributed by atoms with Crippen LogP contribution < -0.4 is 15.8 Å². The topological polar surface area (TPSA) is 110 Å². The van der Waals surface area contributed by atoms with Crippen molar-refractivity contribution in [2.75, 3.05) is 12.4 Å². The lowest BCUT2D eigenvalue weighted by atomic mass is 10.1. The quantitative estimate of drug-likeness (QED) is 0.605. The van der Waals surface area contributed by atoms with Crippen molar-refractivity contribution in [3.8, 4) is 11.8 Å². The van der Waals surface area contributed by atoms with Crippen LogP contribution in [0.15, 0.2) is 54.7 Å². The molecule has 0 saturated carbocycles. The number of anilines is 1. The van der Waals surface area contributed by atoms with E-state index in [1.165, 1.54) is 25.3 Å². The van der Waals surface area contributed by atoms with Crippen molar-refractivity contribution >= 4 is 34.5 Å². The Bertz CT molecular complexity index is 1140. The summed E-state index contributed by atoms with van der Waals surface area (Å²) in [6.45, 7) is 0.578. The molecule has 0 spiro atoms. The molecule has 3 rings (SSSR count). The van der Waals surface area contributed by atoms with Crippen LogP contribution in [0.25, 0.3) is 17.0 Å². The first-order valence-electron chi connectivity index (χ1n) is 8.95. The van der Waals surface area contributed by atoms with Crippen molar-refractivity contribution in [2.45, 2.75) is 13.0 Å². The summed E-state index contributed by atoms with van der Waals surface area (Å²) in [6.07, 6.45) is 5.44. The molecule has 0 saturated heterocycles. The Morgan fingerprint density at radius 2 is 2.07 bits per heavy atom. The third kappa shape index (κ3) is 4.45. The van der Waals surface area contributed by atoms with Crippen LogP contribution in [-0.2, 0) is 11.3 Å². The number of para-hydroxylation sites is 1. The predicted octanol–water partition coefficient (Wildman–Crippen LogP) is 3.31. The fraction of sp³-hybridized carbons (Fsp3) is 0.136. The molecule has 7 heteroatoms. The zero-order valence-corrected chi connectivity index (χ0v) is 15.9. The molecule has 0 aliphatic rings. The van der Waals surface area contributed by atoms with Gasteiger partial charge in [-0.3, -0.25) is 9.59 Å². The van der Waals surface area contributed by atoms with Crippen molar-refractivity contribution in [3.05, 3.63) is 65.9 Å². The van der Waals surface area contributed by atoms with E-state index in [9.17, 15) is 9.59 Å². The van der Waals surface area contributed by atoms with Gasteiger partial charge in [-0.15, -0.1) is 0 Å². The number of carbonyl (C=O) groups excluding carboxylic acids is 2. The number of hydrogen-bond donors (Lipinski definition) is 2. The molecule has 0 atom stereocenters. The average molecular weight is 388 g/mol. The van der Waals surface area contributed by atoms with Crippen LogP contribution >= 0.6 is 0 Å². The maximum absolute atomic E-state index is 12.4. The average Bonchev–Trinajstić information content (AvgIpc) is 3.08. The molecule has 0 fully saturated rings. The monoisotopic (exact) mass is 388 g/mol. The number of aryl methyl sites for hydroxylation is 1. The molecule has 7 nitrogen and oxygen atoms in total. The fourth-order valence-electron chi connectivity index (χ4n) is 3.06. The first-order chi connectivity index (χ1) is 14.0. The number of nitriles is 1. The molecule has 1 heterocycles. The van der Waals surface area contributed by atoms with E-state index in [0.29, 0.717) is 24.4 Å². The highest BCUT2D eigenvalue weighted by Crippen LogP contribution is 2.26. The number of benzene rings is 2. The van der Waals surface area contributed by atoms with Gasteiger partial charge in [-0.2, -0.15) is 5.26 Å². The van der Waals surface area contributed by atoms with Gasteiger partial charge in [0.25, 0.3) is 0 Å². The van der Waals surface area contributed by atoms with Gasteiger partial charge in [-0.05, 0) is 30.3 Å². The Morgan fingerprint density at radius 3 is 2.79 bits per heavy atom. The molecule has 0 aliphatic heterocycles. The van der Waals surface area contributed by atoms with Gasteiger partial charge >= 0.3 is 0 Å². The van der Waals surface area contributed by atoms with E-state index in [2.05, 4.69) is 11.4 Å². The Morgan fingerprint density at radius 1 is 1.28 bits per heavy atom. The van der Waals surface area contributed by atoms with E-state index >= 15 is 0 Å². The zero-order chi connectivity index (χ0) is 20.8. The zero-order valence-electron chi connectivity index (χ0n) is 15.9. The molecule has 0 unspecified atom stereocenters. The smallest absolute Gasteiger partial charge is 0.248 e. The maximum atomic E-state index is 12.4. The summed E-state index contributed by atoms with van der Waals surface area (Å²) in [5.41, 5.74) is 7.79. The molecule has 3 N–H and O–H groups in total. The minimum atomic E-state index is -0.594. The number of primary amides is 1. The number of ether oxygens (including phenoxy) is 1. The first kappa shape index (κ1) is 19.7. The number of nitrogens with zero attached hydrogens (tertiary/aromatic N) is 2. The van der Waals surface area contributed by atoms with Crippen molar-refractivity contribution in [3.63, 3.8) is 0 Å². The summed E-state index contributed by atoms with van der Waals surface area (Å²) in [5.74, 6) is -0.549. The molecule has 0 bridgehead atoms. The summed E-state index contributed by atoms with van der Waals surface area (Å²) in [5, 5.41) is 12.5. The number of hydrogen-bond acceptors (Lipinski definition) is 4. The predicted molar refractivity (Wildman–Crippen MR) is 111 cm³/mol. The van der Waals surface area contributed by atoms with Crippen molar-refractivity contribution in [2.24, 2.45) is 5.73 Å². The molecule has 0 radical (unpaired) electrons. The number of fused-ring (bicyclic) bond motifs is 1. The highest BCUT2D eigenvalue weighted by atomic mass is 16.5. The molecule has 2 aromatic carbocycles. The van der Waals surface area contributed by atoms with E-state index in [1.54, 1.807) is 12.1 Å². The first-order valence-corrected chi connectivity index (χ1v) is 8.95. The van der Waals surface area contributed by atoms with Crippen LogP contribution in [0, 0.1) is 11.3 Å². The van der Waals surface area contributed by atoms with E-state index in [-0.39, 0.29) is 11.5 Å². The minimum Gasteiger partial charge on any atom is -0.495 e. The Hall–Kier alpha value is -4.05. The molecule has 1 aromatic heterocycles. The van der Waals surface area contributed by atoms with Gasteiger partial charge in [-0.1, -0.05) is 18.2 Å². The van der Waals surface area contributed by atoms with Crippen molar-refractivity contribution < 1.29 is 14.3 Å². The second-order valence-corrected chi connectivity index (χ2v) is 6.30. The number of carbonyl (C=O) groups is 2. The summed E-state index contributed by atoms with van der Waals surface area (Å²) in [7, 11) is 1.47. The van der Waals surface area contributed by atoms with Gasteiger partial charge in [0, 0.05) is 40.8 Å². The fourth-order valence-corrected chi connectivity index (χ4v) is 3.06. The lowest BCUT2D eigenvalue weighted by Crippen LogP contribution is -2.13. The van der Waals surface area contributed by atoms with Crippen LogP contribution in [-0.4, -0.2) is 23.5 Å². The second-order valence-electron chi connectivity index (χ2n) is 6.30. The molecule has 3 aromatic rings. The number of methoxy groups -OCH3 is 1. The molecule has 146 valence electrons. The molecular weight excluding hydrogens is 368 g/mol. The summed E-state index contributed by atoms with van der Waals surface area (Å²) < 4.78 is 7.22. The summed E-state index contributed by atoms with van der Waals surface area (Å²) in [4.78, 5) is 23.8. The molecular formula is C22H20N4O3. The number of aromatic nitrogens is 1. The standard InChI is InChI=1S/C22H20N4O3/c1-29-20-9-7-15(22(24)28)13-18(20)25-21(27)10-8-16-14-26(12-4-11-23)19-6-3-2-5-17(16)19/h2-3,5-10,13-14H,4,12H2,1H3,(H2,24,28)(H,25,27). The van der Waals surface area contributed by atoms with E-state index < -0.39 is 5.91 Å². The van der Waals surface area contributed by atoms with Crippen molar-refractivity contribution in [1.82, 2.24) is 4.57 Å². The van der Waals surface area contributed by atoms with E-state index in [0.717, 1.165) is 16.5 Å². The third-order valence-electron chi connectivity index (χ3n) is 4.44. The highest BCUT2D eigenvalue weighted by Gasteiger charge is 2.10. The molecule has 2 amide bonds.